The van der Waals surface area contributed by atoms with Crippen molar-refractivity contribution in [1.29, 1.82) is 5.26 Å². The van der Waals surface area contributed by atoms with Crippen LogP contribution >= 0.6 is 0 Å². The molecule has 1 aliphatic rings. The van der Waals surface area contributed by atoms with E-state index in [1.54, 1.807) is 7.05 Å². The first-order valence-electron chi connectivity index (χ1n) is 5.69. The second kappa shape index (κ2) is 4.54. The highest BCUT2D eigenvalue weighted by atomic mass is 19.1. The highest BCUT2D eigenvalue weighted by molar-refractivity contribution is 5.36. The molecule has 18 heavy (non-hydrogen) atoms. The summed E-state index contributed by atoms with van der Waals surface area (Å²) in [6.45, 7) is 0. The molecule has 1 atom stereocenters. The van der Waals surface area contributed by atoms with Crippen LogP contribution in [-0.4, -0.2) is 14.2 Å². The molecule has 0 aliphatic heterocycles. The van der Waals surface area contributed by atoms with E-state index in [0.717, 1.165) is 12.1 Å². The molecule has 5 heteroatoms. The number of nitrogens with one attached hydrogen (secondary N) is 1. The smallest absolute Gasteiger partial charge is 0.165 e. The Morgan fingerprint density at radius 3 is 2.50 bits per heavy atom. The summed E-state index contributed by atoms with van der Waals surface area (Å²) in [4.78, 5) is 0. The molecule has 3 nitrogen and oxygen atoms in total. The lowest BCUT2D eigenvalue weighted by Crippen LogP contribution is -2.26. The zero-order valence-corrected chi connectivity index (χ0v) is 10.3. The number of halogens is 2. The standard InChI is InChI=1S/C13H14F2N2O/c1-17-12(13(7-16)3-4-13)8-5-10(15)11(18-2)6-9(8)14/h5-6,12,17H,3-4H2,1-2H3. The van der Waals surface area contributed by atoms with Gasteiger partial charge in [0, 0.05) is 11.6 Å². The molecule has 1 aliphatic carbocycles. The molecule has 96 valence electrons. The monoisotopic (exact) mass is 252 g/mol. The van der Waals surface area contributed by atoms with E-state index in [1.807, 2.05) is 0 Å². The molecule has 1 saturated carbocycles. The third kappa shape index (κ3) is 1.93. The summed E-state index contributed by atoms with van der Waals surface area (Å²) in [6, 6.07) is 3.82. The first kappa shape index (κ1) is 12.8. The molecule has 0 saturated heterocycles. The Hall–Kier alpha value is -1.67. The third-order valence-electron chi connectivity index (χ3n) is 3.43. The fourth-order valence-electron chi connectivity index (χ4n) is 2.25. The van der Waals surface area contributed by atoms with E-state index in [1.165, 1.54) is 7.11 Å². The van der Waals surface area contributed by atoms with E-state index in [-0.39, 0.29) is 11.3 Å². The number of rotatable bonds is 4. The van der Waals surface area contributed by atoms with Gasteiger partial charge in [-0.1, -0.05) is 0 Å². The Morgan fingerprint density at radius 2 is 2.06 bits per heavy atom. The lowest BCUT2D eigenvalue weighted by molar-refractivity contribution is 0.375. The zero-order chi connectivity index (χ0) is 13.3. The van der Waals surface area contributed by atoms with Gasteiger partial charge in [0.2, 0.25) is 0 Å². The molecule has 1 N–H and O–H groups in total. The molecule has 0 amide bonds. The number of hydrogen-bond acceptors (Lipinski definition) is 3. The van der Waals surface area contributed by atoms with Gasteiger partial charge in [-0.2, -0.15) is 5.26 Å². The predicted molar refractivity (Wildman–Crippen MR) is 62.0 cm³/mol. The summed E-state index contributed by atoms with van der Waals surface area (Å²) in [5.41, 5.74) is -0.439. The van der Waals surface area contributed by atoms with Gasteiger partial charge in [-0.25, -0.2) is 8.78 Å². The molecule has 1 aromatic rings. The van der Waals surface area contributed by atoms with Crippen LogP contribution < -0.4 is 10.1 Å². The Labute approximate surface area is 104 Å². The van der Waals surface area contributed by atoms with Gasteiger partial charge >= 0.3 is 0 Å². The summed E-state index contributed by atoms with van der Waals surface area (Å²) < 4.78 is 32.3. The first-order valence-corrected chi connectivity index (χ1v) is 5.69. The molecule has 2 rings (SSSR count). The second-order valence-electron chi connectivity index (χ2n) is 4.50. The van der Waals surface area contributed by atoms with E-state index in [9.17, 15) is 8.78 Å². The van der Waals surface area contributed by atoms with Crippen LogP contribution in [-0.2, 0) is 0 Å². The fourth-order valence-corrected chi connectivity index (χ4v) is 2.25. The van der Waals surface area contributed by atoms with E-state index in [0.29, 0.717) is 12.8 Å². The van der Waals surface area contributed by atoms with Gasteiger partial charge in [0.15, 0.2) is 11.6 Å². The first-order chi connectivity index (χ1) is 8.57. The summed E-state index contributed by atoms with van der Waals surface area (Å²) in [7, 11) is 2.92. The van der Waals surface area contributed by atoms with Crippen molar-refractivity contribution in [3.05, 3.63) is 29.3 Å². The summed E-state index contributed by atoms with van der Waals surface area (Å²) in [6.07, 6.45) is 1.39. The minimum Gasteiger partial charge on any atom is -0.494 e. The van der Waals surface area contributed by atoms with E-state index in [4.69, 9.17) is 10.00 Å². The molecule has 0 bridgehead atoms. The average Bonchev–Trinajstić information content (AvgIpc) is 3.15. The molecular formula is C13H14F2N2O. The van der Waals surface area contributed by atoms with Gasteiger partial charge in [-0.15, -0.1) is 0 Å². The highest BCUT2D eigenvalue weighted by Gasteiger charge is 2.51. The Kier molecular flexibility index (Phi) is 3.22. The van der Waals surface area contributed by atoms with Crippen LogP contribution in [0.5, 0.6) is 5.75 Å². The zero-order valence-electron chi connectivity index (χ0n) is 10.3. The Bertz CT molecular complexity index is 506. The predicted octanol–water partition coefficient (Wildman–Crippen LogP) is 2.54. The quantitative estimate of drug-likeness (QED) is 0.895. The lowest BCUT2D eigenvalue weighted by atomic mass is 9.91. The Morgan fingerprint density at radius 1 is 1.39 bits per heavy atom. The number of ether oxygens (including phenoxy) is 1. The van der Waals surface area contributed by atoms with E-state index >= 15 is 0 Å². The summed E-state index contributed by atoms with van der Waals surface area (Å²) in [5, 5.41) is 12.1. The minimum absolute atomic E-state index is 0.132. The fraction of sp³-hybridized carbons (Fsp3) is 0.462. The summed E-state index contributed by atoms with van der Waals surface area (Å²) in [5.74, 6) is -1.31. The van der Waals surface area contributed by atoms with Crippen LogP contribution in [0.15, 0.2) is 12.1 Å². The van der Waals surface area contributed by atoms with Crippen molar-refractivity contribution in [3.8, 4) is 11.8 Å². The molecule has 1 aromatic carbocycles. The van der Waals surface area contributed by atoms with Crippen LogP contribution in [0.1, 0.15) is 24.4 Å². The molecule has 0 radical (unpaired) electrons. The number of hydrogen-bond donors (Lipinski definition) is 1. The van der Waals surface area contributed by atoms with Crippen molar-refractivity contribution in [1.82, 2.24) is 5.32 Å². The van der Waals surface area contributed by atoms with Gasteiger partial charge in [-0.3, -0.25) is 0 Å². The molecule has 1 fully saturated rings. The molecule has 0 heterocycles. The van der Waals surface area contributed by atoms with Crippen LogP contribution in [0.2, 0.25) is 0 Å². The SMILES string of the molecule is CNC(c1cc(F)c(OC)cc1F)C1(C#N)CC1. The topological polar surface area (TPSA) is 45.0 Å². The maximum Gasteiger partial charge on any atom is 0.165 e. The van der Waals surface area contributed by atoms with Crippen molar-refractivity contribution in [3.63, 3.8) is 0 Å². The van der Waals surface area contributed by atoms with Gasteiger partial charge in [0.25, 0.3) is 0 Å². The van der Waals surface area contributed by atoms with Crippen molar-refractivity contribution < 1.29 is 13.5 Å². The maximum absolute atomic E-state index is 14.0. The maximum atomic E-state index is 14.0. The van der Waals surface area contributed by atoms with Crippen LogP contribution in [0.3, 0.4) is 0 Å². The number of methoxy groups -OCH3 is 1. The third-order valence-corrected chi connectivity index (χ3v) is 3.43. The van der Waals surface area contributed by atoms with Crippen LogP contribution in [0.4, 0.5) is 8.78 Å². The normalized spacial score (nSPS) is 17.9. The number of benzene rings is 1. The van der Waals surface area contributed by atoms with Crippen LogP contribution in [0.25, 0.3) is 0 Å². The molecule has 0 spiro atoms. The van der Waals surface area contributed by atoms with E-state index in [2.05, 4.69) is 11.4 Å². The van der Waals surface area contributed by atoms with Crippen molar-refractivity contribution in [2.45, 2.75) is 18.9 Å². The van der Waals surface area contributed by atoms with Gasteiger partial charge in [0.1, 0.15) is 5.82 Å². The van der Waals surface area contributed by atoms with Gasteiger partial charge in [-0.05, 0) is 26.0 Å². The van der Waals surface area contributed by atoms with Crippen molar-refractivity contribution in [2.75, 3.05) is 14.2 Å². The van der Waals surface area contributed by atoms with Gasteiger partial charge in [0.05, 0.1) is 24.6 Å². The largest absolute Gasteiger partial charge is 0.494 e. The van der Waals surface area contributed by atoms with Crippen molar-refractivity contribution in [2.24, 2.45) is 5.41 Å². The average molecular weight is 252 g/mol. The number of nitriles is 1. The lowest BCUT2D eigenvalue weighted by Gasteiger charge is -2.22. The van der Waals surface area contributed by atoms with E-state index < -0.39 is 23.1 Å². The molecular weight excluding hydrogens is 238 g/mol. The minimum atomic E-state index is -0.622. The van der Waals surface area contributed by atoms with Crippen LogP contribution in [0, 0.1) is 28.4 Å². The molecule has 0 aromatic heterocycles. The van der Waals surface area contributed by atoms with Gasteiger partial charge < -0.3 is 10.1 Å². The molecule has 1 unspecified atom stereocenters. The highest BCUT2D eigenvalue weighted by Crippen LogP contribution is 2.54. The van der Waals surface area contributed by atoms with Crippen molar-refractivity contribution >= 4 is 0 Å². The Balaban J connectivity index is 2.44. The number of nitrogens with zero attached hydrogens (tertiary/aromatic N) is 1. The summed E-state index contributed by atoms with van der Waals surface area (Å²) >= 11 is 0. The second-order valence-corrected chi connectivity index (χ2v) is 4.50.